The molecule has 0 saturated heterocycles. The Morgan fingerprint density at radius 1 is 1.43 bits per heavy atom. The molecule has 116 valence electrons. The molecule has 0 radical (unpaired) electrons. The number of hydrogen-bond acceptors (Lipinski definition) is 3. The molecule has 1 aliphatic rings. The van der Waals surface area contributed by atoms with Gasteiger partial charge in [-0.05, 0) is 37.5 Å². The van der Waals surface area contributed by atoms with Gasteiger partial charge in [-0.15, -0.1) is 0 Å². The number of carbonyl (C=O) groups is 1. The van der Waals surface area contributed by atoms with E-state index in [1.54, 1.807) is 25.1 Å². The summed E-state index contributed by atoms with van der Waals surface area (Å²) in [6, 6.07) is 5.15. The van der Waals surface area contributed by atoms with Crippen LogP contribution in [0.5, 0.6) is 0 Å². The summed E-state index contributed by atoms with van der Waals surface area (Å²) < 4.78 is 25.3. The van der Waals surface area contributed by atoms with Crippen molar-refractivity contribution in [2.75, 3.05) is 23.7 Å². The van der Waals surface area contributed by atoms with Gasteiger partial charge in [0.25, 0.3) is 0 Å². The second-order valence-electron chi connectivity index (χ2n) is 5.28. The van der Waals surface area contributed by atoms with Gasteiger partial charge in [0.1, 0.15) is 0 Å². The number of anilines is 1. The van der Waals surface area contributed by atoms with E-state index in [0.29, 0.717) is 16.3 Å². The number of benzene rings is 1. The summed E-state index contributed by atoms with van der Waals surface area (Å²) in [5.41, 5.74) is 1.25. The molecular formula is C14H19ClN2O3S. The van der Waals surface area contributed by atoms with E-state index in [4.69, 9.17) is 11.6 Å². The van der Waals surface area contributed by atoms with E-state index in [0.717, 1.165) is 19.1 Å². The Balaban J connectivity index is 2.11. The molecule has 1 aromatic carbocycles. The standard InChI is InChI=1S/C14H19ClN2O3S/c1-10-12(15)4-3-5-13(10)17(21(2,19)20)9-8-16-14(18)11-6-7-11/h3-5,11H,6-9H2,1-2H3,(H,16,18). The number of nitrogens with one attached hydrogen (secondary N) is 1. The summed E-state index contributed by atoms with van der Waals surface area (Å²) in [7, 11) is -3.44. The van der Waals surface area contributed by atoms with Crippen LogP contribution in [0.3, 0.4) is 0 Å². The van der Waals surface area contributed by atoms with Crippen LogP contribution in [0.4, 0.5) is 5.69 Å². The first-order valence-corrected chi connectivity index (χ1v) is 9.04. The first-order valence-electron chi connectivity index (χ1n) is 6.81. The number of nitrogens with zero attached hydrogens (tertiary/aromatic N) is 1. The molecule has 0 heterocycles. The van der Waals surface area contributed by atoms with Crippen molar-refractivity contribution in [1.29, 1.82) is 0 Å². The summed E-state index contributed by atoms with van der Waals surface area (Å²) in [5.74, 6) is 0.121. The van der Waals surface area contributed by atoms with Gasteiger partial charge in [-0.3, -0.25) is 9.10 Å². The number of amides is 1. The Labute approximate surface area is 130 Å². The Morgan fingerprint density at radius 2 is 2.10 bits per heavy atom. The molecule has 1 fully saturated rings. The molecule has 1 N–H and O–H groups in total. The normalized spacial score (nSPS) is 14.8. The summed E-state index contributed by atoms with van der Waals surface area (Å²) in [4.78, 5) is 11.6. The second-order valence-corrected chi connectivity index (χ2v) is 7.60. The lowest BCUT2D eigenvalue weighted by Crippen LogP contribution is -2.38. The fourth-order valence-corrected chi connectivity index (χ4v) is 3.25. The van der Waals surface area contributed by atoms with Crippen molar-refractivity contribution in [3.05, 3.63) is 28.8 Å². The summed E-state index contributed by atoms with van der Waals surface area (Å²) in [6.45, 7) is 2.26. The fourth-order valence-electron chi connectivity index (χ4n) is 2.10. The Bertz CT molecular complexity index is 642. The quantitative estimate of drug-likeness (QED) is 0.866. The van der Waals surface area contributed by atoms with Gasteiger partial charge < -0.3 is 5.32 Å². The van der Waals surface area contributed by atoms with E-state index in [1.807, 2.05) is 0 Å². The molecule has 1 saturated carbocycles. The van der Waals surface area contributed by atoms with Crippen molar-refractivity contribution in [2.24, 2.45) is 5.92 Å². The first kappa shape index (κ1) is 16.1. The van der Waals surface area contributed by atoms with Crippen molar-refractivity contribution in [1.82, 2.24) is 5.32 Å². The van der Waals surface area contributed by atoms with E-state index in [1.165, 1.54) is 4.31 Å². The van der Waals surface area contributed by atoms with Crippen LogP contribution in [-0.2, 0) is 14.8 Å². The Hall–Kier alpha value is -1.27. The largest absolute Gasteiger partial charge is 0.354 e. The summed E-state index contributed by atoms with van der Waals surface area (Å²) >= 11 is 6.05. The van der Waals surface area contributed by atoms with Gasteiger partial charge in [0.15, 0.2) is 0 Å². The monoisotopic (exact) mass is 330 g/mol. The molecule has 0 bridgehead atoms. The van der Waals surface area contributed by atoms with E-state index in [-0.39, 0.29) is 24.9 Å². The average molecular weight is 331 g/mol. The summed E-state index contributed by atoms with van der Waals surface area (Å²) in [6.07, 6.45) is 3.00. The maximum Gasteiger partial charge on any atom is 0.232 e. The maximum atomic E-state index is 12.0. The van der Waals surface area contributed by atoms with E-state index in [9.17, 15) is 13.2 Å². The third-order valence-electron chi connectivity index (χ3n) is 3.47. The molecule has 21 heavy (non-hydrogen) atoms. The molecule has 0 aliphatic heterocycles. The van der Waals surface area contributed by atoms with Gasteiger partial charge in [-0.25, -0.2) is 8.42 Å². The molecule has 1 aliphatic carbocycles. The number of sulfonamides is 1. The Morgan fingerprint density at radius 3 is 2.67 bits per heavy atom. The van der Waals surface area contributed by atoms with Gasteiger partial charge >= 0.3 is 0 Å². The zero-order chi connectivity index (χ0) is 15.6. The minimum absolute atomic E-state index is 0.00580. The highest BCUT2D eigenvalue weighted by atomic mass is 35.5. The van der Waals surface area contributed by atoms with Crippen LogP contribution in [0, 0.1) is 12.8 Å². The van der Waals surface area contributed by atoms with Crippen LogP contribution in [0.2, 0.25) is 5.02 Å². The highest BCUT2D eigenvalue weighted by Gasteiger charge is 2.29. The fraction of sp³-hybridized carbons (Fsp3) is 0.500. The molecule has 0 aromatic heterocycles. The highest BCUT2D eigenvalue weighted by molar-refractivity contribution is 7.92. The van der Waals surface area contributed by atoms with Crippen molar-refractivity contribution >= 4 is 33.2 Å². The van der Waals surface area contributed by atoms with Crippen molar-refractivity contribution in [2.45, 2.75) is 19.8 Å². The molecular weight excluding hydrogens is 312 g/mol. The number of hydrogen-bond donors (Lipinski definition) is 1. The van der Waals surface area contributed by atoms with Crippen LogP contribution in [0.15, 0.2) is 18.2 Å². The lowest BCUT2D eigenvalue weighted by Gasteiger charge is -2.24. The molecule has 7 heteroatoms. The molecule has 5 nitrogen and oxygen atoms in total. The molecule has 1 amide bonds. The van der Waals surface area contributed by atoms with Crippen molar-refractivity contribution in [3.8, 4) is 0 Å². The predicted octanol–water partition coefficient (Wildman–Crippen LogP) is 1.94. The second kappa shape index (κ2) is 6.23. The van der Waals surface area contributed by atoms with E-state index < -0.39 is 10.0 Å². The smallest absolute Gasteiger partial charge is 0.232 e. The molecule has 0 spiro atoms. The average Bonchev–Trinajstić information content (AvgIpc) is 3.21. The number of rotatable bonds is 6. The molecule has 2 rings (SSSR count). The minimum Gasteiger partial charge on any atom is -0.354 e. The maximum absolute atomic E-state index is 12.0. The van der Waals surface area contributed by atoms with Crippen LogP contribution >= 0.6 is 11.6 Å². The van der Waals surface area contributed by atoms with Crippen molar-refractivity contribution in [3.63, 3.8) is 0 Å². The van der Waals surface area contributed by atoms with Crippen LogP contribution in [0.25, 0.3) is 0 Å². The van der Waals surface area contributed by atoms with Crippen LogP contribution in [0.1, 0.15) is 18.4 Å². The van der Waals surface area contributed by atoms with Crippen molar-refractivity contribution < 1.29 is 13.2 Å². The molecule has 0 atom stereocenters. The third kappa shape index (κ3) is 4.11. The molecule has 0 unspecified atom stereocenters. The van der Waals surface area contributed by atoms with Crippen LogP contribution < -0.4 is 9.62 Å². The lowest BCUT2D eigenvalue weighted by molar-refractivity contribution is -0.122. The zero-order valence-electron chi connectivity index (χ0n) is 12.1. The Kier molecular flexibility index (Phi) is 4.78. The van der Waals surface area contributed by atoms with Crippen LogP contribution in [-0.4, -0.2) is 33.7 Å². The lowest BCUT2D eigenvalue weighted by atomic mass is 10.2. The highest BCUT2D eigenvalue weighted by Crippen LogP contribution is 2.29. The number of carbonyl (C=O) groups excluding carboxylic acids is 1. The van der Waals surface area contributed by atoms with E-state index in [2.05, 4.69) is 5.32 Å². The number of halogens is 1. The van der Waals surface area contributed by atoms with Gasteiger partial charge in [-0.1, -0.05) is 17.7 Å². The summed E-state index contributed by atoms with van der Waals surface area (Å²) in [5, 5.41) is 3.29. The molecule has 1 aromatic rings. The van der Waals surface area contributed by atoms with Gasteiger partial charge in [0, 0.05) is 17.5 Å². The third-order valence-corrected chi connectivity index (χ3v) is 5.06. The van der Waals surface area contributed by atoms with Gasteiger partial charge in [0.2, 0.25) is 15.9 Å². The van der Waals surface area contributed by atoms with E-state index >= 15 is 0 Å². The zero-order valence-corrected chi connectivity index (χ0v) is 13.7. The first-order chi connectivity index (χ1) is 9.80. The topological polar surface area (TPSA) is 66.5 Å². The predicted molar refractivity (Wildman–Crippen MR) is 84.1 cm³/mol. The minimum atomic E-state index is -3.44. The van der Waals surface area contributed by atoms with Gasteiger partial charge in [0.05, 0.1) is 18.5 Å². The SMILES string of the molecule is Cc1c(Cl)cccc1N(CCNC(=O)C1CC1)S(C)(=O)=O. The van der Waals surface area contributed by atoms with Gasteiger partial charge in [-0.2, -0.15) is 0 Å².